The molecule has 0 amide bonds. The molecule has 1 aromatic rings. The first-order chi connectivity index (χ1) is 7.96. The summed E-state index contributed by atoms with van der Waals surface area (Å²) in [5.41, 5.74) is 6.29. The van der Waals surface area contributed by atoms with Crippen LogP contribution in [0.15, 0.2) is 18.2 Å². The van der Waals surface area contributed by atoms with E-state index in [2.05, 4.69) is 16.6 Å². The van der Waals surface area contributed by atoms with Crippen molar-refractivity contribution in [1.29, 1.82) is 0 Å². The standard InChI is InChI=1S/C11H14N2O3S/c1-16-11-6-5-9(4-3-7-12)8-10(11)13-17(2,14)15/h5-6,8,13H,7,12H2,1-2H3. The molecule has 0 bridgehead atoms. The number of rotatable bonds is 3. The van der Waals surface area contributed by atoms with Gasteiger partial charge < -0.3 is 10.5 Å². The average Bonchev–Trinajstić information content (AvgIpc) is 2.24. The van der Waals surface area contributed by atoms with Crippen LogP contribution < -0.4 is 15.2 Å². The Labute approximate surface area is 101 Å². The number of nitrogens with one attached hydrogen (secondary N) is 1. The van der Waals surface area contributed by atoms with Gasteiger partial charge in [-0.15, -0.1) is 0 Å². The Morgan fingerprint density at radius 2 is 2.18 bits per heavy atom. The van der Waals surface area contributed by atoms with E-state index in [1.54, 1.807) is 18.2 Å². The number of methoxy groups -OCH3 is 1. The molecule has 6 heteroatoms. The largest absolute Gasteiger partial charge is 0.495 e. The first kappa shape index (κ1) is 13.4. The fraction of sp³-hybridized carbons (Fsp3) is 0.273. The highest BCUT2D eigenvalue weighted by atomic mass is 32.2. The molecule has 0 unspecified atom stereocenters. The summed E-state index contributed by atoms with van der Waals surface area (Å²) in [6.07, 6.45) is 1.07. The Balaban J connectivity index is 3.15. The zero-order valence-corrected chi connectivity index (χ0v) is 10.5. The molecule has 0 aromatic heterocycles. The molecule has 0 spiro atoms. The van der Waals surface area contributed by atoms with Crippen LogP contribution in [0.25, 0.3) is 0 Å². The molecule has 0 aliphatic heterocycles. The van der Waals surface area contributed by atoms with Crippen LogP contribution in [0.2, 0.25) is 0 Å². The predicted molar refractivity (Wildman–Crippen MR) is 67.4 cm³/mol. The molecule has 1 aromatic carbocycles. The minimum atomic E-state index is -3.35. The predicted octanol–water partition coefficient (Wildman–Crippen LogP) is 0.377. The Kier molecular flexibility index (Phi) is 4.37. The van der Waals surface area contributed by atoms with Gasteiger partial charge in [-0.25, -0.2) is 8.42 Å². The van der Waals surface area contributed by atoms with E-state index in [9.17, 15) is 8.42 Å². The topological polar surface area (TPSA) is 81.4 Å². The monoisotopic (exact) mass is 254 g/mol. The van der Waals surface area contributed by atoms with Crippen molar-refractivity contribution in [3.05, 3.63) is 23.8 Å². The summed E-state index contributed by atoms with van der Waals surface area (Å²) < 4.78 is 29.8. The van der Waals surface area contributed by atoms with Crippen LogP contribution >= 0.6 is 0 Å². The van der Waals surface area contributed by atoms with E-state index in [0.29, 0.717) is 17.0 Å². The molecule has 0 saturated carbocycles. The Hall–Kier alpha value is -1.71. The summed E-state index contributed by atoms with van der Waals surface area (Å²) in [5.74, 6) is 5.95. The minimum absolute atomic E-state index is 0.251. The van der Waals surface area contributed by atoms with Crippen LogP contribution in [0.4, 0.5) is 5.69 Å². The Morgan fingerprint density at radius 3 is 2.71 bits per heavy atom. The third-order valence-electron chi connectivity index (χ3n) is 1.83. The van der Waals surface area contributed by atoms with Crippen molar-refractivity contribution < 1.29 is 13.2 Å². The van der Waals surface area contributed by atoms with Gasteiger partial charge in [-0.05, 0) is 18.2 Å². The fourth-order valence-corrected chi connectivity index (χ4v) is 1.78. The molecule has 0 aliphatic carbocycles. The summed E-state index contributed by atoms with van der Waals surface area (Å²) >= 11 is 0. The lowest BCUT2D eigenvalue weighted by atomic mass is 10.2. The van der Waals surface area contributed by atoms with Crippen molar-refractivity contribution >= 4 is 15.7 Å². The average molecular weight is 254 g/mol. The molecule has 17 heavy (non-hydrogen) atoms. The van der Waals surface area contributed by atoms with E-state index in [1.165, 1.54) is 7.11 Å². The van der Waals surface area contributed by atoms with Gasteiger partial charge in [-0.2, -0.15) is 0 Å². The van der Waals surface area contributed by atoms with Crippen LogP contribution in [0, 0.1) is 11.8 Å². The molecular weight excluding hydrogens is 240 g/mol. The van der Waals surface area contributed by atoms with Crippen molar-refractivity contribution in [3.8, 4) is 17.6 Å². The van der Waals surface area contributed by atoms with Crippen molar-refractivity contribution in [3.63, 3.8) is 0 Å². The van der Waals surface area contributed by atoms with E-state index in [-0.39, 0.29) is 6.54 Å². The first-order valence-electron chi connectivity index (χ1n) is 4.81. The zero-order valence-electron chi connectivity index (χ0n) is 9.65. The van der Waals surface area contributed by atoms with E-state index in [1.807, 2.05) is 0 Å². The lowest BCUT2D eigenvalue weighted by Crippen LogP contribution is -2.10. The Bertz CT molecular complexity index is 556. The zero-order chi connectivity index (χ0) is 12.9. The maximum atomic E-state index is 11.2. The summed E-state index contributed by atoms with van der Waals surface area (Å²) in [5, 5.41) is 0. The van der Waals surface area contributed by atoms with Crippen LogP contribution in [0.1, 0.15) is 5.56 Å². The maximum absolute atomic E-state index is 11.2. The van der Waals surface area contributed by atoms with Gasteiger partial charge in [0.25, 0.3) is 0 Å². The number of nitrogens with two attached hydrogens (primary N) is 1. The quantitative estimate of drug-likeness (QED) is 0.764. The van der Waals surface area contributed by atoms with E-state index >= 15 is 0 Å². The van der Waals surface area contributed by atoms with Gasteiger partial charge in [0.05, 0.1) is 25.6 Å². The van der Waals surface area contributed by atoms with Gasteiger partial charge in [0, 0.05) is 5.56 Å². The smallest absolute Gasteiger partial charge is 0.229 e. The van der Waals surface area contributed by atoms with Gasteiger partial charge in [-0.1, -0.05) is 11.8 Å². The molecule has 5 nitrogen and oxygen atoms in total. The number of hydrogen-bond donors (Lipinski definition) is 2. The lowest BCUT2D eigenvalue weighted by Gasteiger charge is -2.09. The maximum Gasteiger partial charge on any atom is 0.229 e. The number of ether oxygens (including phenoxy) is 1. The second-order valence-corrected chi connectivity index (χ2v) is 5.04. The molecule has 0 fully saturated rings. The summed E-state index contributed by atoms with van der Waals surface area (Å²) in [6.45, 7) is 0.251. The lowest BCUT2D eigenvalue weighted by molar-refractivity contribution is 0.417. The summed E-state index contributed by atoms with van der Waals surface area (Å²) in [7, 11) is -1.88. The van der Waals surface area contributed by atoms with Crippen LogP contribution in [-0.4, -0.2) is 28.3 Å². The van der Waals surface area contributed by atoms with Crippen LogP contribution in [-0.2, 0) is 10.0 Å². The Morgan fingerprint density at radius 1 is 1.47 bits per heavy atom. The molecule has 3 N–H and O–H groups in total. The SMILES string of the molecule is COc1ccc(C#CCN)cc1NS(C)(=O)=O. The second kappa shape index (κ2) is 5.57. The number of sulfonamides is 1. The highest BCUT2D eigenvalue weighted by Gasteiger charge is 2.08. The molecule has 1 rings (SSSR count). The molecule has 0 radical (unpaired) electrons. The second-order valence-electron chi connectivity index (χ2n) is 3.30. The van der Waals surface area contributed by atoms with E-state index in [0.717, 1.165) is 6.26 Å². The first-order valence-corrected chi connectivity index (χ1v) is 6.70. The van der Waals surface area contributed by atoms with Gasteiger partial charge in [0.2, 0.25) is 10.0 Å². The van der Waals surface area contributed by atoms with Crippen molar-refractivity contribution in [2.24, 2.45) is 5.73 Å². The number of benzene rings is 1. The fourth-order valence-electron chi connectivity index (χ4n) is 1.22. The van der Waals surface area contributed by atoms with Gasteiger partial charge in [-0.3, -0.25) is 4.72 Å². The highest BCUT2D eigenvalue weighted by molar-refractivity contribution is 7.92. The van der Waals surface area contributed by atoms with Crippen LogP contribution in [0.5, 0.6) is 5.75 Å². The number of hydrogen-bond acceptors (Lipinski definition) is 4. The third kappa shape index (κ3) is 4.34. The molecule has 0 heterocycles. The third-order valence-corrected chi connectivity index (χ3v) is 2.42. The van der Waals surface area contributed by atoms with E-state index in [4.69, 9.17) is 10.5 Å². The van der Waals surface area contributed by atoms with Crippen LogP contribution in [0.3, 0.4) is 0 Å². The van der Waals surface area contributed by atoms with Gasteiger partial charge >= 0.3 is 0 Å². The van der Waals surface area contributed by atoms with Crippen molar-refractivity contribution in [2.75, 3.05) is 24.6 Å². The molecule has 0 atom stereocenters. The van der Waals surface area contributed by atoms with Gasteiger partial charge in [0.15, 0.2) is 0 Å². The van der Waals surface area contributed by atoms with Crippen molar-refractivity contribution in [1.82, 2.24) is 0 Å². The molecular formula is C11H14N2O3S. The van der Waals surface area contributed by atoms with Crippen molar-refractivity contribution in [2.45, 2.75) is 0 Å². The molecule has 0 aliphatic rings. The summed E-state index contributed by atoms with van der Waals surface area (Å²) in [4.78, 5) is 0. The van der Waals surface area contributed by atoms with Gasteiger partial charge in [0.1, 0.15) is 5.75 Å². The molecule has 92 valence electrons. The minimum Gasteiger partial charge on any atom is -0.495 e. The highest BCUT2D eigenvalue weighted by Crippen LogP contribution is 2.25. The molecule has 0 saturated heterocycles. The number of anilines is 1. The summed E-state index contributed by atoms with van der Waals surface area (Å²) in [6, 6.07) is 4.98. The normalized spacial score (nSPS) is 10.3. The van der Waals surface area contributed by atoms with E-state index < -0.39 is 10.0 Å².